The molecule has 0 aliphatic carbocycles. The zero-order valence-electron chi connectivity index (χ0n) is 17.0. The Morgan fingerprint density at radius 2 is 1.75 bits per heavy atom. The molecule has 28 heavy (non-hydrogen) atoms. The van der Waals surface area contributed by atoms with Gasteiger partial charge in [-0.05, 0) is 30.0 Å². The Morgan fingerprint density at radius 3 is 2.43 bits per heavy atom. The largest absolute Gasteiger partial charge is 0.464 e. The fourth-order valence-corrected chi connectivity index (χ4v) is 3.20. The van der Waals surface area contributed by atoms with Crippen LogP contribution >= 0.6 is 0 Å². The van der Waals surface area contributed by atoms with E-state index in [2.05, 4.69) is 0 Å². The molecule has 4 nitrogen and oxygen atoms in total. The Balaban J connectivity index is 1.94. The summed E-state index contributed by atoms with van der Waals surface area (Å²) in [6, 6.07) is 15.4. The maximum Gasteiger partial charge on any atom is 0.223 e. The molecule has 0 N–H and O–H groups in total. The van der Waals surface area contributed by atoms with Crippen LogP contribution in [0.2, 0.25) is 0 Å². The molecule has 4 heteroatoms. The van der Waals surface area contributed by atoms with Gasteiger partial charge >= 0.3 is 0 Å². The summed E-state index contributed by atoms with van der Waals surface area (Å²) in [4.78, 5) is 27.7. The van der Waals surface area contributed by atoms with E-state index in [4.69, 9.17) is 4.42 Å². The second kappa shape index (κ2) is 8.01. The summed E-state index contributed by atoms with van der Waals surface area (Å²) in [6.07, 6.45) is 1.90. The van der Waals surface area contributed by atoms with Gasteiger partial charge in [-0.15, -0.1) is 0 Å². The van der Waals surface area contributed by atoms with Crippen molar-refractivity contribution in [1.29, 1.82) is 0 Å². The fourth-order valence-electron chi connectivity index (χ4n) is 3.20. The predicted molar refractivity (Wildman–Crippen MR) is 112 cm³/mol. The molecule has 1 amide bonds. The third kappa shape index (κ3) is 4.89. The first-order chi connectivity index (χ1) is 13.2. The van der Waals surface area contributed by atoms with Crippen LogP contribution in [0.1, 0.15) is 43.9 Å². The monoisotopic (exact) mass is 377 g/mol. The van der Waals surface area contributed by atoms with Crippen molar-refractivity contribution in [1.82, 2.24) is 4.90 Å². The van der Waals surface area contributed by atoms with Gasteiger partial charge < -0.3 is 9.32 Å². The lowest BCUT2D eigenvalue weighted by molar-refractivity contribution is -0.134. The summed E-state index contributed by atoms with van der Waals surface area (Å²) in [5, 5.41) is 0.556. The highest BCUT2D eigenvalue weighted by atomic mass is 16.3. The van der Waals surface area contributed by atoms with Gasteiger partial charge in [0.2, 0.25) is 5.91 Å². The summed E-state index contributed by atoms with van der Waals surface area (Å²) < 4.78 is 5.67. The first-order valence-electron chi connectivity index (χ1n) is 9.56. The van der Waals surface area contributed by atoms with E-state index in [1.165, 1.54) is 6.26 Å². The lowest BCUT2D eigenvalue weighted by atomic mass is 9.91. The average Bonchev–Trinajstić information content (AvgIpc) is 2.63. The summed E-state index contributed by atoms with van der Waals surface area (Å²) in [5.74, 6) is 0.0279. The second-order valence-electron chi connectivity index (χ2n) is 8.56. The average molecular weight is 377 g/mol. The molecule has 1 heterocycles. The van der Waals surface area contributed by atoms with Gasteiger partial charge in [0, 0.05) is 13.0 Å². The van der Waals surface area contributed by atoms with Crippen LogP contribution < -0.4 is 5.43 Å². The first kappa shape index (κ1) is 19.9. The van der Waals surface area contributed by atoms with Crippen molar-refractivity contribution in [3.63, 3.8) is 0 Å². The Morgan fingerprint density at radius 1 is 1.04 bits per heavy atom. The number of aryl methyl sites for hydroxylation is 1. The van der Waals surface area contributed by atoms with Gasteiger partial charge in [-0.2, -0.15) is 0 Å². The number of nitrogens with zero attached hydrogens (tertiary/aromatic N) is 1. The number of hydrogen-bond donors (Lipinski definition) is 0. The number of carbonyl (C=O) groups excluding carboxylic acids is 1. The van der Waals surface area contributed by atoms with Gasteiger partial charge in [0.1, 0.15) is 5.58 Å². The van der Waals surface area contributed by atoms with Gasteiger partial charge in [0.05, 0.1) is 23.8 Å². The highest BCUT2D eigenvalue weighted by Gasteiger charge is 2.23. The number of rotatable bonds is 5. The van der Waals surface area contributed by atoms with Crippen LogP contribution in [0.5, 0.6) is 0 Å². The minimum absolute atomic E-state index is 0.0279. The Bertz CT molecular complexity index is 1030. The summed E-state index contributed by atoms with van der Waals surface area (Å²) in [5.41, 5.74) is 2.89. The molecule has 0 radical (unpaired) electrons. The van der Waals surface area contributed by atoms with E-state index in [0.29, 0.717) is 29.5 Å². The van der Waals surface area contributed by atoms with Crippen molar-refractivity contribution in [2.24, 2.45) is 5.41 Å². The number of benzene rings is 2. The molecule has 0 aliphatic rings. The lowest BCUT2D eigenvalue weighted by Crippen LogP contribution is -2.34. The van der Waals surface area contributed by atoms with Crippen LogP contribution in [0.4, 0.5) is 0 Å². The van der Waals surface area contributed by atoms with Gasteiger partial charge in [0.15, 0.2) is 5.43 Å². The van der Waals surface area contributed by atoms with Crippen molar-refractivity contribution < 1.29 is 9.21 Å². The van der Waals surface area contributed by atoms with Crippen LogP contribution in [-0.2, 0) is 17.9 Å². The first-order valence-corrected chi connectivity index (χ1v) is 9.56. The minimum Gasteiger partial charge on any atom is -0.464 e. The molecule has 3 rings (SSSR count). The second-order valence-corrected chi connectivity index (χ2v) is 8.56. The fraction of sp³-hybridized carbons (Fsp3) is 0.333. The molecule has 0 bridgehead atoms. The third-order valence-corrected chi connectivity index (χ3v) is 4.61. The number of hydrogen-bond acceptors (Lipinski definition) is 3. The van der Waals surface area contributed by atoms with E-state index >= 15 is 0 Å². The topological polar surface area (TPSA) is 50.5 Å². The molecular weight excluding hydrogens is 350 g/mol. The molecular formula is C24H27NO3. The van der Waals surface area contributed by atoms with Gasteiger partial charge in [0.25, 0.3) is 0 Å². The van der Waals surface area contributed by atoms with Crippen LogP contribution in [0, 0.1) is 12.3 Å². The Labute approximate surface area is 165 Å². The summed E-state index contributed by atoms with van der Waals surface area (Å²) >= 11 is 0. The van der Waals surface area contributed by atoms with Crippen molar-refractivity contribution in [2.75, 3.05) is 0 Å². The van der Waals surface area contributed by atoms with Gasteiger partial charge in [-0.25, -0.2) is 0 Å². The Hall–Kier alpha value is -2.88. The van der Waals surface area contributed by atoms with E-state index in [1.54, 1.807) is 4.90 Å². The minimum atomic E-state index is -0.128. The molecule has 0 unspecified atom stereocenters. The van der Waals surface area contributed by atoms with Crippen molar-refractivity contribution in [3.05, 3.63) is 81.7 Å². The van der Waals surface area contributed by atoms with Crippen molar-refractivity contribution in [2.45, 2.75) is 47.2 Å². The molecule has 3 aromatic rings. The molecule has 2 aromatic carbocycles. The zero-order chi connectivity index (χ0) is 20.3. The van der Waals surface area contributed by atoms with E-state index in [-0.39, 0.29) is 23.3 Å². The quantitative estimate of drug-likeness (QED) is 0.624. The molecule has 0 fully saturated rings. The van der Waals surface area contributed by atoms with Crippen LogP contribution in [0.3, 0.4) is 0 Å². The van der Waals surface area contributed by atoms with Crippen LogP contribution in [-0.4, -0.2) is 10.8 Å². The summed E-state index contributed by atoms with van der Waals surface area (Å²) in [6.45, 7) is 8.76. The third-order valence-electron chi connectivity index (χ3n) is 4.61. The Kier molecular flexibility index (Phi) is 5.68. The van der Waals surface area contributed by atoms with E-state index in [0.717, 1.165) is 11.1 Å². The number of carbonyl (C=O) groups is 1. The number of fused-ring (bicyclic) bond motifs is 1. The predicted octanol–water partition coefficient (Wildman–Crippen LogP) is 5.07. The highest BCUT2D eigenvalue weighted by Crippen LogP contribution is 2.22. The molecule has 0 atom stereocenters. The van der Waals surface area contributed by atoms with Crippen molar-refractivity contribution in [3.8, 4) is 0 Å². The number of amides is 1. The molecule has 1 aromatic heterocycles. The molecule has 0 saturated heterocycles. The standard InChI is InChI=1S/C24H27NO3/c1-17-10-11-21-20(12-17)23(27)19(16-28-21)15-25(22(26)13-24(2,3)4)14-18-8-6-5-7-9-18/h5-12,16H,13-15H2,1-4H3. The van der Waals surface area contributed by atoms with Gasteiger partial charge in [-0.1, -0.05) is 62.7 Å². The molecule has 0 spiro atoms. The van der Waals surface area contributed by atoms with Crippen LogP contribution in [0.15, 0.2) is 64.0 Å². The molecule has 0 aliphatic heterocycles. The molecule has 0 saturated carbocycles. The SMILES string of the molecule is Cc1ccc2occ(CN(Cc3ccccc3)C(=O)CC(C)(C)C)c(=O)c2c1. The van der Waals surface area contributed by atoms with Crippen molar-refractivity contribution >= 4 is 16.9 Å². The normalized spacial score (nSPS) is 11.6. The highest BCUT2D eigenvalue weighted by molar-refractivity contribution is 5.79. The lowest BCUT2D eigenvalue weighted by Gasteiger charge is -2.27. The van der Waals surface area contributed by atoms with E-state index in [9.17, 15) is 9.59 Å². The van der Waals surface area contributed by atoms with E-state index in [1.807, 2.05) is 76.2 Å². The summed E-state index contributed by atoms with van der Waals surface area (Å²) in [7, 11) is 0. The maximum absolute atomic E-state index is 13.0. The zero-order valence-corrected chi connectivity index (χ0v) is 17.0. The maximum atomic E-state index is 13.0. The smallest absolute Gasteiger partial charge is 0.223 e. The van der Waals surface area contributed by atoms with E-state index < -0.39 is 0 Å². The van der Waals surface area contributed by atoms with Crippen LogP contribution in [0.25, 0.3) is 11.0 Å². The molecule has 146 valence electrons. The van der Waals surface area contributed by atoms with Gasteiger partial charge in [-0.3, -0.25) is 9.59 Å².